The molecule has 3 nitrogen and oxygen atoms in total. The molecule has 0 aromatic heterocycles. The van der Waals surface area contributed by atoms with Crippen molar-refractivity contribution in [3.05, 3.63) is 35.4 Å². The monoisotopic (exact) mass is 242 g/mol. The van der Waals surface area contributed by atoms with Gasteiger partial charge in [0.2, 0.25) is 5.91 Å². The van der Waals surface area contributed by atoms with E-state index in [0.717, 1.165) is 18.2 Å². The molecule has 0 radical (unpaired) electrons. The first-order chi connectivity index (χ1) is 7.71. The fraction of sp³-hybridized carbons (Fsp3) is 0.417. The fourth-order valence-electron chi connectivity index (χ4n) is 1.48. The molecule has 0 unspecified atom stereocenters. The number of nitrogens with two attached hydrogens (primary N) is 1. The summed E-state index contributed by atoms with van der Waals surface area (Å²) in [6, 6.07) is 3.15. The van der Waals surface area contributed by atoms with Crippen molar-refractivity contribution in [2.45, 2.75) is 25.9 Å². The lowest BCUT2D eigenvalue weighted by molar-refractivity contribution is -0.135. The van der Waals surface area contributed by atoms with Crippen LogP contribution in [0.4, 0.5) is 8.78 Å². The van der Waals surface area contributed by atoms with Gasteiger partial charge in [0.1, 0.15) is 11.6 Å². The summed E-state index contributed by atoms with van der Waals surface area (Å²) in [7, 11) is 1.50. The van der Waals surface area contributed by atoms with Crippen molar-refractivity contribution in [2.75, 3.05) is 7.05 Å². The van der Waals surface area contributed by atoms with Crippen LogP contribution in [-0.4, -0.2) is 23.4 Å². The molecule has 17 heavy (non-hydrogen) atoms. The van der Waals surface area contributed by atoms with Gasteiger partial charge in [0.05, 0.1) is 5.54 Å². The highest BCUT2D eigenvalue weighted by molar-refractivity contribution is 5.84. The molecular weight excluding hydrogens is 226 g/mol. The lowest BCUT2D eigenvalue weighted by Crippen LogP contribution is -2.49. The summed E-state index contributed by atoms with van der Waals surface area (Å²) in [5.74, 6) is -1.41. The fourth-order valence-corrected chi connectivity index (χ4v) is 1.48. The Morgan fingerprint density at radius 2 is 2.00 bits per heavy atom. The maximum Gasteiger partial charge on any atom is 0.242 e. The van der Waals surface area contributed by atoms with Gasteiger partial charge in [-0.15, -0.1) is 0 Å². The Balaban J connectivity index is 2.85. The summed E-state index contributed by atoms with van der Waals surface area (Å²) in [5.41, 5.74) is 4.74. The van der Waals surface area contributed by atoms with Gasteiger partial charge in [-0.2, -0.15) is 0 Å². The number of nitrogens with zero attached hydrogens (tertiary/aromatic N) is 1. The summed E-state index contributed by atoms with van der Waals surface area (Å²) >= 11 is 0. The third kappa shape index (κ3) is 3.49. The predicted octanol–water partition coefficient (Wildman–Crippen LogP) is 1.66. The van der Waals surface area contributed by atoms with Crippen LogP contribution in [0.3, 0.4) is 0 Å². The van der Waals surface area contributed by atoms with E-state index < -0.39 is 17.2 Å². The summed E-state index contributed by atoms with van der Waals surface area (Å²) in [6.07, 6.45) is 0. The van der Waals surface area contributed by atoms with Crippen molar-refractivity contribution in [1.29, 1.82) is 0 Å². The molecule has 0 aliphatic rings. The molecule has 0 heterocycles. The van der Waals surface area contributed by atoms with Crippen molar-refractivity contribution >= 4 is 5.91 Å². The van der Waals surface area contributed by atoms with Gasteiger partial charge in [-0.05, 0) is 32.0 Å². The highest BCUT2D eigenvalue weighted by Crippen LogP contribution is 2.13. The zero-order valence-corrected chi connectivity index (χ0v) is 10.1. The number of hydrogen-bond acceptors (Lipinski definition) is 2. The van der Waals surface area contributed by atoms with Crippen LogP contribution in [0.2, 0.25) is 0 Å². The SMILES string of the molecule is CN(Cc1cc(F)ccc1F)C(=O)C(C)(C)N. The van der Waals surface area contributed by atoms with Gasteiger partial charge < -0.3 is 10.6 Å². The Hall–Kier alpha value is -1.49. The quantitative estimate of drug-likeness (QED) is 0.876. The van der Waals surface area contributed by atoms with Crippen LogP contribution in [0.1, 0.15) is 19.4 Å². The zero-order valence-electron chi connectivity index (χ0n) is 10.1. The number of likely N-dealkylation sites (N-methyl/N-ethyl adjacent to an activating group) is 1. The van der Waals surface area contributed by atoms with Crippen LogP contribution >= 0.6 is 0 Å². The van der Waals surface area contributed by atoms with Gasteiger partial charge in [0, 0.05) is 19.2 Å². The number of rotatable bonds is 3. The topological polar surface area (TPSA) is 46.3 Å². The highest BCUT2D eigenvalue weighted by atomic mass is 19.1. The zero-order chi connectivity index (χ0) is 13.2. The van der Waals surface area contributed by atoms with Crippen LogP contribution in [0, 0.1) is 11.6 Å². The normalized spacial score (nSPS) is 11.4. The van der Waals surface area contributed by atoms with Crippen LogP contribution in [0.25, 0.3) is 0 Å². The minimum absolute atomic E-state index is 0.0109. The summed E-state index contributed by atoms with van der Waals surface area (Å²) in [6.45, 7) is 3.12. The Bertz CT molecular complexity index is 427. The lowest BCUT2D eigenvalue weighted by Gasteiger charge is -2.26. The Morgan fingerprint density at radius 3 is 2.53 bits per heavy atom. The van der Waals surface area contributed by atoms with E-state index in [4.69, 9.17) is 5.73 Å². The molecule has 0 saturated carbocycles. The molecule has 1 aromatic carbocycles. The third-order valence-corrected chi connectivity index (χ3v) is 2.31. The average Bonchev–Trinajstić information content (AvgIpc) is 2.21. The second-order valence-corrected chi connectivity index (χ2v) is 4.62. The minimum Gasteiger partial charge on any atom is -0.340 e. The van der Waals surface area contributed by atoms with E-state index in [1.54, 1.807) is 13.8 Å². The maximum absolute atomic E-state index is 13.4. The number of hydrogen-bond donors (Lipinski definition) is 1. The summed E-state index contributed by atoms with van der Waals surface area (Å²) < 4.78 is 26.3. The van der Waals surface area contributed by atoms with E-state index in [1.807, 2.05) is 0 Å². The van der Waals surface area contributed by atoms with E-state index in [2.05, 4.69) is 0 Å². The number of benzene rings is 1. The molecular formula is C12H16F2N2O. The molecule has 0 fully saturated rings. The summed E-state index contributed by atoms with van der Waals surface area (Å²) in [4.78, 5) is 13.0. The third-order valence-electron chi connectivity index (χ3n) is 2.31. The second kappa shape index (κ2) is 4.79. The van der Waals surface area contributed by atoms with Crippen LogP contribution in [0.15, 0.2) is 18.2 Å². The largest absolute Gasteiger partial charge is 0.340 e. The van der Waals surface area contributed by atoms with Crippen molar-refractivity contribution < 1.29 is 13.6 Å². The summed E-state index contributed by atoms with van der Waals surface area (Å²) in [5, 5.41) is 0. The number of carbonyl (C=O) groups is 1. The Labute approximate surface area is 99.2 Å². The van der Waals surface area contributed by atoms with Gasteiger partial charge in [0.15, 0.2) is 0 Å². The predicted molar refractivity (Wildman–Crippen MR) is 61.1 cm³/mol. The molecule has 0 aliphatic carbocycles. The Morgan fingerprint density at radius 1 is 1.41 bits per heavy atom. The number of amides is 1. The molecule has 2 N–H and O–H groups in total. The van der Waals surface area contributed by atoms with Crippen LogP contribution in [-0.2, 0) is 11.3 Å². The molecule has 94 valence electrons. The first-order valence-corrected chi connectivity index (χ1v) is 5.20. The van der Waals surface area contributed by atoms with Gasteiger partial charge >= 0.3 is 0 Å². The smallest absolute Gasteiger partial charge is 0.242 e. The first kappa shape index (κ1) is 13.6. The second-order valence-electron chi connectivity index (χ2n) is 4.62. The maximum atomic E-state index is 13.4. The van der Waals surface area contributed by atoms with Crippen molar-refractivity contribution in [3.63, 3.8) is 0 Å². The molecule has 0 aliphatic heterocycles. The van der Waals surface area contributed by atoms with Crippen molar-refractivity contribution in [3.8, 4) is 0 Å². The van der Waals surface area contributed by atoms with E-state index in [-0.39, 0.29) is 18.0 Å². The molecule has 0 atom stereocenters. The highest BCUT2D eigenvalue weighted by Gasteiger charge is 2.26. The van der Waals surface area contributed by atoms with Crippen molar-refractivity contribution in [2.24, 2.45) is 5.73 Å². The van der Waals surface area contributed by atoms with Crippen LogP contribution in [0.5, 0.6) is 0 Å². The number of carbonyl (C=O) groups excluding carboxylic acids is 1. The lowest BCUT2D eigenvalue weighted by atomic mass is 10.1. The molecule has 0 saturated heterocycles. The molecule has 1 aromatic rings. The van der Waals surface area contributed by atoms with E-state index in [0.29, 0.717) is 0 Å². The molecule has 5 heteroatoms. The first-order valence-electron chi connectivity index (χ1n) is 5.20. The van der Waals surface area contributed by atoms with Gasteiger partial charge in [-0.3, -0.25) is 4.79 Å². The standard InChI is InChI=1S/C12H16F2N2O/c1-12(2,15)11(17)16(3)7-8-6-9(13)4-5-10(8)14/h4-6H,7,15H2,1-3H3. The van der Waals surface area contributed by atoms with Gasteiger partial charge in [-0.1, -0.05) is 0 Å². The van der Waals surface area contributed by atoms with Gasteiger partial charge in [0.25, 0.3) is 0 Å². The molecule has 1 amide bonds. The molecule has 1 rings (SSSR count). The van der Waals surface area contributed by atoms with Crippen molar-refractivity contribution in [1.82, 2.24) is 4.90 Å². The van der Waals surface area contributed by atoms with E-state index in [9.17, 15) is 13.6 Å². The van der Waals surface area contributed by atoms with E-state index >= 15 is 0 Å². The van der Waals surface area contributed by atoms with E-state index in [1.165, 1.54) is 11.9 Å². The average molecular weight is 242 g/mol. The number of halogens is 2. The molecule has 0 spiro atoms. The van der Waals surface area contributed by atoms with Crippen LogP contribution < -0.4 is 5.73 Å². The molecule has 0 bridgehead atoms. The minimum atomic E-state index is -1.03. The van der Waals surface area contributed by atoms with Gasteiger partial charge in [-0.25, -0.2) is 8.78 Å². The Kier molecular flexibility index (Phi) is 3.83.